The van der Waals surface area contributed by atoms with E-state index in [1.54, 1.807) is 7.11 Å². The van der Waals surface area contributed by atoms with Gasteiger partial charge in [-0.05, 0) is 59.5 Å². The smallest absolute Gasteiger partial charge is 0.0894 e. The number of halogens is 1. The van der Waals surface area contributed by atoms with Crippen LogP contribution in [0.15, 0.2) is 24.3 Å². The van der Waals surface area contributed by atoms with Crippen molar-refractivity contribution < 1.29 is 9.84 Å². The summed E-state index contributed by atoms with van der Waals surface area (Å²) in [5.74, 6) is 0.174. The Bertz CT molecular complexity index is 319. The minimum atomic E-state index is -0.789. The van der Waals surface area contributed by atoms with Crippen LogP contribution in [0.3, 0.4) is 0 Å². The number of ether oxygens (including phenoxy) is 1. The van der Waals surface area contributed by atoms with Gasteiger partial charge in [-0.3, -0.25) is 0 Å². The van der Waals surface area contributed by atoms with Crippen molar-refractivity contribution in [2.45, 2.75) is 25.9 Å². The zero-order valence-electron chi connectivity index (χ0n) is 10.0. The van der Waals surface area contributed by atoms with Crippen LogP contribution in [0.4, 0.5) is 0 Å². The van der Waals surface area contributed by atoms with Crippen LogP contribution in [0.1, 0.15) is 25.8 Å². The van der Waals surface area contributed by atoms with Gasteiger partial charge in [0.2, 0.25) is 0 Å². The number of hydrogen-bond acceptors (Lipinski definition) is 2. The molecule has 0 aromatic heterocycles. The minimum absolute atomic E-state index is 0.174. The Kier molecular flexibility index (Phi) is 5.21. The largest absolute Gasteiger partial charge is 0.385 e. The SMILES string of the molecule is COCCC(C)C(C)(O)c1ccc(I)cc1. The fraction of sp³-hybridized carbons (Fsp3) is 0.538. The maximum Gasteiger partial charge on any atom is 0.0894 e. The fourth-order valence-corrected chi connectivity index (χ4v) is 2.01. The molecule has 1 aromatic rings. The van der Waals surface area contributed by atoms with Gasteiger partial charge < -0.3 is 9.84 Å². The van der Waals surface area contributed by atoms with E-state index in [9.17, 15) is 5.11 Å². The number of aliphatic hydroxyl groups is 1. The van der Waals surface area contributed by atoms with Crippen LogP contribution in [0, 0.1) is 9.49 Å². The molecule has 0 aliphatic rings. The molecule has 0 radical (unpaired) electrons. The van der Waals surface area contributed by atoms with Crippen molar-refractivity contribution in [3.05, 3.63) is 33.4 Å². The van der Waals surface area contributed by atoms with Crippen LogP contribution >= 0.6 is 22.6 Å². The van der Waals surface area contributed by atoms with Crippen LogP contribution in [-0.4, -0.2) is 18.8 Å². The summed E-state index contributed by atoms with van der Waals surface area (Å²) in [7, 11) is 1.69. The predicted octanol–water partition coefficient (Wildman–Crippen LogP) is 3.17. The maximum absolute atomic E-state index is 10.5. The molecule has 1 N–H and O–H groups in total. The van der Waals surface area contributed by atoms with Crippen LogP contribution < -0.4 is 0 Å². The molecule has 0 aliphatic heterocycles. The van der Waals surface area contributed by atoms with Crippen LogP contribution in [-0.2, 0) is 10.3 Å². The zero-order chi connectivity index (χ0) is 12.2. The highest BCUT2D eigenvalue weighted by Gasteiger charge is 2.29. The van der Waals surface area contributed by atoms with Crippen molar-refractivity contribution in [3.8, 4) is 0 Å². The van der Waals surface area contributed by atoms with E-state index < -0.39 is 5.60 Å². The Balaban J connectivity index is 2.79. The second kappa shape index (κ2) is 5.98. The van der Waals surface area contributed by atoms with Gasteiger partial charge in [0.25, 0.3) is 0 Å². The molecule has 0 spiro atoms. The van der Waals surface area contributed by atoms with Crippen LogP contribution in [0.25, 0.3) is 0 Å². The molecule has 1 aromatic carbocycles. The molecule has 2 atom stereocenters. The summed E-state index contributed by atoms with van der Waals surface area (Å²) >= 11 is 2.26. The molecule has 0 bridgehead atoms. The lowest BCUT2D eigenvalue weighted by atomic mass is 9.82. The van der Waals surface area contributed by atoms with Gasteiger partial charge in [-0.25, -0.2) is 0 Å². The van der Waals surface area contributed by atoms with Gasteiger partial charge in [0.05, 0.1) is 5.60 Å². The van der Waals surface area contributed by atoms with E-state index in [1.165, 1.54) is 3.57 Å². The van der Waals surface area contributed by atoms with Crippen LogP contribution in [0.5, 0.6) is 0 Å². The van der Waals surface area contributed by atoms with Crippen molar-refractivity contribution in [1.82, 2.24) is 0 Å². The summed E-state index contributed by atoms with van der Waals surface area (Å²) in [4.78, 5) is 0. The summed E-state index contributed by atoms with van der Waals surface area (Å²) in [5, 5.41) is 10.5. The van der Waals surface area contributed by atoms with Crippen molar-refractivity contribution >= 4 is 22.6 Å². The predicted molar refractivity (Wildman–Crippen MR) is 74.4 cm³/mol. The molecule has 1 rings (SSSR count). The molecular formula is C13H19IO2. The highest BCUT2D eigenvalue weighted by atomic mass is 127. The molecule has 90 valence electrons. The maximum atomic E-state index is 10.5. The average molecular weight is 334 g/mol. The molecular weight excluding hydrogens is 315 g/mol. The van der Waals surface area contributed by atoms with E-state index in [1.807, 2.05) is 31.2 Å². The normalized spacial score (nSPS) is 16.8. The summed E-state index contributed by atoms with van der Waals surface area (Å²) in [6.45, 7) is 4.61. The van der Waals surface area contributed by atoms with Crippen molar-refractivity contribution in [1.29, 1.82) is 0 Å². The molecule has 16 heavy (non-hydrogen) atoms. The lowest BCUT2D eigenvalue weighted by Crippen LogP contribution is -2.30. The van der Waals surface area contributed by atoms with E-state index in [0.717, 1.165) is 12.0 Å². The quantitative estimate of drug-likeness (QED) is 0.838. The Morgan fingerprint density at radius 3 is 2.44 bits per heavy atom. The third kappa shape index (κ3) is 3.43. The Morgan fingerprint density at radius 1 is 1.38 bits per heavy atom. The third-order valence-electron chi connectivity index (χ3n) is 3.14. The number of rotatable bonds is 5. The molecule has 0 amide bonds. The first-order chi connectivity index (χ1) is 7.48. The van der Waals surface area contributed by atoms with Gasteiger partial charge in [-0.2, -0.15) is 0 Å². The molecule has 2 nitrogen and oxygen atoms in total. The van der Waals surface area contributed by atoms with E-state index in [0.29, 0.717) is 6.61 Å². The second-order valence-electron chi connectivity index (χ2n) is 4.34. The van der Waals surface area contributed by atoms with Gasteiger partial charge in [0.1, 0.15) is 0 Å². The van der Waals surface area contributed by atoms with E-state index in [-0.39, 0.29) is 5.92 Å². The third-order valence-corrected chi connectivity index (χ3v) is 3.86. The zero-order valence-corrected chi connectivity index (χ0v) is 12.2. The molecule has 3 heteroatoms. The first kappa shape index (κ1) is 13.9. The van der Waals surface area contributed by atoms with E-state index in [4.69, 9.17) is 4.74 Å². The first-order valence-electron chi connectivity index (χ1n) is 5.46. The van der Waals surface area contributed by atoms with Gasteiger partial charge in [-0.1, -0.05) is 19.1 Å². The van der Waals surface area contributed by atoms with Gasteiger partial charge in [-0.15, -0.1) is 0 Å². The minimum Gasteiger partial charge on any atom is -0.385 e. The summed E-state index contributed by atoms with van der Waals surface area (Å²) in [6.07, 6.45) is 0.857. The van der Waals surface area contributed by atoms with Gasteiger partial charge in [0, 0.05) is 17.3 Å². The highest BCUT2D eigenvalue weighted by molar-refractivity contribution is 14.1. The number of hydrogen-bond donors (Lipinski definition) is 1. The van der Waals surface area contributed by atoms with E-state index >= 15 is 0 Å². The molecule has 0 saturated heterocycles. The molecule has 0 fully saturated rings. The highest BCUT2D eigenvalue weighted by Crippen LogP contribution is 2.31. The molecule has 0 heterocycles. The summed E-state index contributed by atoms with van der Waals surface area (Å²) in [6, 6.07) is 8.02. The average Bonchev–Trinajstić information content (AvgIpc) is 2.26. The monoisotopic (exact) mass is 334 g/mol. The van der Waals surface area contributed by atoms with Gasteiger partial charge in [0.15, 0.2) is 0 Å². The Morgan fingerprint density at radius 2 is 1.94 bits per heavy atom. The standard InChI is InChI=1S/C13H19IO2/c1-10(8-9-16-3)13(2,15)11-4-6-12(14)7-5-11/h4-7,10,15H,8-9H2,1-3H3. The summed E-state index contributed by atoms with van der Waals surface area (Å²) in [5.41, 5.74) is 0.180. The Hall–Kier alpha value is -0.130. The number of benzene rings is 1. The lowest BCUT2D eigenvalue weighted by molar-refractivity contribution is -0.0107. The van der Waals surface area contributed by atoms with Crippen molar-refractivity contribution in [3.63, 3.8) is 0 Å². The fourth-order valence-electron chi connectivity index (χ4n) is 1.65. The van der Waals surface area contributed by atoms with Crippen molar-refractivity contribution in [2.24, 2.45) is 5.92 Å². The molecule has 0 aliphatic carbocycles. The Labute approximate surface area is 111 Å². The van der Waals surface area contributed by atoms with E-state index in [2.05, 4.69) is 29.5 Å². The molecule has 2 unspecified atom stereocenters. The van der Waals surface area contributed by atoms with Crippen LogP contribution in [0.2, 0.25) is 0 Å². The second-order valence-corrected chi connectivity index (χ2v) is 5.58. The first-order valence-corrected chi connectivity index (χ1v) is 6.53. The van der Waals surface area contributed by atoms with Gasteiger partial charge >= 0.3 is 0 Å². The topological polar surface area (TPSA) is 29.5 Å². The summed E-state index contributed by atoms with van der Waals surface area (Å²) < 4.78 is 6.23. The number of methoxy groups -OCH3 is 1. The lowest BCUT2D eigenvalue weighted by Gasteiger charge is -2.30. The van der Waals surface area contributed by atoms with Crippen molar-refractivity contribution in [2.75, 3.05) is 13.7 Å². The molecule has 0 saturated carbocycles.